The zero-order valence-corrected chi connectivity index (χ0v) is 11.9. The Morgan fingerprint density at radius 1 is 1.26 bits per heavy atom. The fraction of sp³-hybridized carbons (Fsp3) is 0.417. The highest BCUT2D eigenvalue weighted by atomic mass is 32.2. The number of carbonyl (C=O) groups excluding carboxylic acids is 1. The molecule has 0 spiro atoms. The third-order valence-electron chi connectivity index (χ3n) is 2.90. The first kappa shape index (κ1) is 13.8. The molecule has 0 aromatic heterocycles. The number of nitrogens with one attached hydrogen (secondary N) is 3. The smallest absolute Gasteiger partial charge is 0.249 e. The van der Waals surface area contributed by atoms with Crippen molar-refractivity contribution in [2.75, 3.05) is 17.2 Å². The normalized spacial score (nSPS) is 17.3. The SMILES string of the molecule is CCNS(=O)(=O)c1ccc2c(c1)NC(=O)C(C)(C)N2. The van der Waals surface area contributed by atoms with Crippen LogP contribution in [0.2, 0.25) is 0 Å². The predicted molar refractivity (Wildman–Crippen MR) is 73.6 cm³/mol. The molecule has 7 heteroatoms. The van der Waals surface area contributed by atoms with E-state index in [4.69, 9.17) is 0 Å². The molecule has 0 atom stereocenters. The average Bonchev–Trinajstić information content (AvgIpc) is 2.29. The van der Waals surface area contributed by atoms with Crippen molar-refractivity contribution in [1.29, 1.82) is 0 Å². The molecule has 19 heavy (non-hydrogen) atoms. The number of carbonyl (C=O) groups is 1. The molecular weight excluding hydrogens is 266 g/mol. The fourth-order valence-electron chi connectivity index (χ4n) is 1.85. The van der Waals surface area contributed by atoms with Crippen LogP contribution in [-0.2, 0) is 14.8 Å². The van der Waals surface area contributed by atoms with Crippen molar-refractivity contribution < 1.29 is 13.2 Å². The lowest BCUT2D eigenvalue weighted by atomic mass is 10.0. The fourth-order valence-corrected chi connectivity index (χ4v) is 2.92. The summed E-state index contributed by atoms with van der Waals surface area (Å²) in [6.45, 7) is 5.54. The number of rotatable bonds is 3. The Hall–Kier alpha value is -1.60. The molecule has 0 fully saturated rings. The molecule has 1 aromatic rings. The second kappa shape index (κ2) is 4.50. The van der Waals surface area contributed by atoms with Gasteiger partial charge in [0.05, 0.1) is 16.3 Å². The van der Waals surface area contributed by atoms with E-state index in [0.717, 1.165) is 0 Å². The van der Waals surface area contributed by atoms with Crippen molar-refractivity contribution in [2.24, 2.45) is 0 Å². The van der Waals surface area contributed by atoms with E-state index in [0.29, 0.717) is 17.9 Å². The first-order chi connectivity index (χ1) is 8.76. The number of hydrogen-bond donors (Lipinski definition) is 3. The Morgan fingerprint density at radius 2 is 1.95 bits per heavy atom. The zero-order valence-electron chi connectivity index (χ0n) is 11.1. The first-order valence-electron chi connectivity index (χ1n) is 5.99. The van der Waals surface area contributed by atoms with Crippen LogP contribution in [0.1, 0.15) is 20.8 Å². The van der Waals surface area contributed by atoms with Crippen molar-refractivity contribution in [3.8, 4) is 0 Å². The maximum atomic E-state index is 11.9. The van der Waals surface area contributed by atoms with Gasteiger partial charge in [0.1, 0.15) is 5.54 Å². The third kappa shape index (κ3) is 2.57. The van der Waals surface area contributed by atoms with Gasteiger partial charge in [0, 0.05) is 6.54 Å². The minimum atomic E-state index is -3.52. The molecule has 0 saturated carbocycles. The van der Waals surface area contributed by atoms with E-state index in [2.05, 4.69) is 15.4 Å². The second-order valence-electron chi connectivity index (χ2n) is 4.91. The summed E-state index contributed by atoms with van der Waals surface area (Å²) in [7, 11) is -3.52. The van der Waals surface area contributed by atoms with Gasteiger partial charge in [-0.1, -0.05) is 6.92 Å². The van der Waals surface area contributed by atoms with E-state index in [1.54, 1.807) is 26.8 Å². The van der Waals surface area contributed by atoms with Crippen molar-refractivity contribution in [1.82, 2.24) is 4.72 Å². The summed E-state index contributed by atoms with van der Waals surface area (Å²) in [6.07, 6.45) is 0. The number of benzene rings is 1. The topological polar surface area (TPSA) is 87.3 Å². The molecule has 1 aliphatic rings. The summed E-state index contributed by atoms with van der Waals surface area (Å²) >= 11 is 0. The summed E-state index contributed by atoms with van der Waals surface area (Å²) in [5.74, 6) is -0.196. The summed E-state index contributed by atoms with van der Waals surface area (Å²) < 4.78 is 26.2. The van der Waals surface area contributed by atoms with Crippen LogP contribution in [0.15, 0.2) is 23.1 Å². The van der Waals surface area contributed by atoms with Crippen molar-refractivity contribution in [3.63, 3.8) is 0 Å². The largest absolute Gasteiger partial charge is 0.370 e. The quantitative estimate of drug-likeness (QED) is 0.776. The lowest BCUT2D eigenvalue weighted by Gasteiger charge is -2.32. The standard InChI is InChI=1S/C12H17N3O3S/c1-4-13-19(17,18)8-5-6-9-10(7-8)14-11(16)12(2,3)15-9/h5-7,13,15H,4H2,1-3H3,(H,14,16). The zero-order chi connectivity index (χ0) is 14.3. The minimum absolute atomic E-state index is 0.134. The molecule has 1 amide bonds. The lowest BCUT2D eigenvalue weighted by Crippen LogP contribution is -2.47. The molecule has 0 unspecified atom stereocenters. The van der Waals surface area contributed by atoms with Gasteiger partial charge in [-0.2, -0.15) is 0 Å². The van der Waals surface area contributed by atoms with Gasteiger partial charge in [0.25, 0.3) is 0 Å². The molecule has 0 bridgehead atoms. The maximum Gasteiger partial charge on any atom is 0.249 e. The Morgan fingerprint density at radius 3 is 2.58 bits per heavy atom. The van der Waals surface area contributed by atoms with Crippen LogP contribution in [0.3, 0.4) is 0 Å². The Bertz CT molecular complexity index is 623. The Balaban J connectivity index is 2.42. The molecule has 3 N–H and O–H groups in total. The van der Waals surface area contributed by atoms with E-state index in [1.165, 1.54) is 12.1 Å². The Kier molecular flexibility index (Phi) is 3.27. The lowest BCUT2D eigenvalue weighted by molar-refractivity contribution is -0.119. The second-order valence-corrected chi connectivity index (χ2v) is 6.68. The van der Waals surface area contributed by atoms with Gasteiger partial charge in [0.15, 0.2) is 0 Å². The number of hydrogen-bond acceptors (Lipinski definition) is 4. The van der Waals surface area contributed by atoms with Gasteiger partial charge in [-0.3, -0.25) is 4.79 Å². The van der Waals surface area contributed by atoms with Crippen LogP contribution in [0.25, 0.3) is 0 Å². The van der Waals surface area contributed by atoms with Crippen molar-refractivity contribution in [2.45, 2.75) is 31.2 Å². The summed E-state index contributed by atoms with van der Waals surface area (Å²) in [5, 5.41) is 5.78. The highest BCUT2D eigenvalue weighted by molar-refractivity contribution is 7.89. The molecule has 2 rings (SSSR count). The minimum Gasteiger partial charge on any atom is -0.370 e. The summed E-state index contributed by atoms with van der Waals surface area (Å²) in [5.41, 5.74) is 0.470. The van der Waals surface area contributed by atoms with Crippen LogP contribution < -0.4 is 15.4 Å². The van der Waals surface area contributed by atoms with Gasteiger partial charge in [-0.05, 0) is 32.0 Å². The highest BCUT2D eigenvalue weighted by Crippen LogP contribution is 2.32. The van der Waals surface area contributed by atoms with Gasteiger partial charge in [0.2, 0.25) is 15.9 Å². The van der Waals surface area contributed by atoms with E-state index in [1.807, 2.05) is 0 Å². The summed E-state index contributed by atoms with van der Waals surface area (Å²) in [4.78, 5) is 12.0. The molecule has 6 nitrogen and oxygen atoms in total. The van der Waals surface area contributed by atoms with Gasteiger partial charge < -0.3 is 10.6 Å². The van der Waals surface area contributed by atoms with Gasteiger partial charge in [-0.25, -0.2) is 13.1 Å². The molecule has 0 saturated heterocycles. The molecule has 1 heterocycles. The van der Waals surface area contributed by atoms with E-state index >= 15 is 0 Å². The summed E-state index contributed by atoms with van der Waals surface area (Å²) in [6, 6.07) is 4.62. The molecule has 0 radical (unpaired) electrons. The maximum absolute atomic E-state index is 11.9. The number of fused-ring (bicyclic) bond motifs is 1. The molecule has 1 aliphatic heterocycles. The number of anilines is 2. The van der Waals surface area contributed by atoms with Crippen molar-refractivity contribution >= 4 is 27.3 Å². The average molecular weight is 283 g/mol. The first-order valence-corrected chi connectivity index (χ1v) is 7.48. The van der Waals surface area contributed by atoms with Crippen LogP contribution in [-0.4, -0.2) is 26.4 Å². The van der Waals surface area contributed by atoms with E-state index in [-0.39, 0.29) is 10.8 Å². The van der Waals surface area contributed by atoms with Crippen LogP contribution in [0.5, 0.6) is 0 Å². The van der Waals surface area contributed by atoms with Gasteiger partial charge in [-0.15, -0.1) is 0 Å². The van der Waals surface area contributed by atoms with Crippen LogP contribution in [0, 0.1) is 0 Å². The van der Waals surface area contributed by atoms with Gasteiger partial charge >= 0.3 is 0 Å². The number of sulfonamides is 1. The van der Waals surface area contributed by atoms with E-state index < -0.39 is 15.6 Å². The molecule has 0 aliphatic carbocycles. The molecule has 104 valence electrons. The monoisotopic (exact) mass is 283 g/mol. The van der Waals surface area contributed by atoms with E-state index in [9.17, 15) is 13.2 Å². The Labute approximate surface area is 112 Å². The van der Waals surface area contributed by atoms with Crippen LogP contribution in [0.4, 0.5) is 11.4 Å². The highest BCUT2D eigenvalue weighted by Gasteiger charge is 2.33. The molecule has 1 aromatic carbocycles. The predicted octanol–water partition coefficient (Wildman–Crippen LogP) is 1.13. The number of amides is 1. The van der Waals surface area contributed by atoms with Crippen LogP contribution >= 0.6 is 0 Å². The molecular formula is C12H17N3O3S. The van der Waals surface area contributed by atoms with Crippen molar-refractivity contribution in [3.05, 3.63) is 18.2 Å². The third-order valence-corrected chi connectivity index (χ3v) is 4.44.